The molecule has 0 unspecified atom stereocenters. The second-order valence-corrected chi connectivity index (χ2v) is 8.01. The van der Waals surface area contributed by atoms with Crippen LogP contribution in [0.2, 0.25) is 0 Å². The van der Waals surface area contributed by atoms with Crippen molar-refractivity contribution in [3.63, 3.8) is 0 Å². The van der Waals surface area contributed by atoms with Crippen molar-refractivity contribution >= 4 is 11.4 Å². The molecule has 0 spiro atoms. The summed E-state index contributed by atoms with van der Waals surface area (Å²) in [4.78, 5) is 0. The Bertz CT molecular complexity index is 1410. The zero-order chi connectivity index (χ0) is 25.4. The van der Waals surface area contributed by atoms with Crippen molar-refractivity contribution in [2.24, 2.45) is 0 Å². The van der Waals surface area contributed by atoms with Crippen LogP contribution in [0.1, 0.15) is 22.3 Å². The molecule has 4 N–H and O–H groups in total. The van der Waals surface area contributed by atoms with Gasteiger partial charge in [0.25, 0.3) is 0 Å². The largest absolute Gasteiger partial charge is 0.399 e. The van der Waals surface area contributed by atoms with Gasteiger partial charge in [-0.1, -0.05) is 24.3 Å². The van der Waals surface area contributed by atoms with E-state index in [2.05, 4.69) is 0 Å². The number of hydrogen-bond acceptors (Lipinski definition) is 2. The van der Waals surface area contributed by atoms with Crippen molar-refractivity contribution in [2.45, 2.75) is 5.41 Å². The van der Waals surface area contributed by atoms with Crippen LogP contribution in [0.5, 0.6) is 0 Å². The number of hydrogen-bond donors (Lipinski definition) is 2. The molecule has 4 aromatic carbocycles. The molecule has 178 valence electrons. The topological polar surface area (TPSA) is 52.0 Å². The van der Waals surface area contributed by atoms with Gasteiger partial charge in [-0.2, -0.15) is 0 Å². The predicted molar refractivity (Wildman–Crippen MR) is 112 cm³/mol. The van der Waals surface area contributed by atoms with Crippen molar-refractivity contribution in [2.75, 3.05) is 11.5 Å². The maximum absolute atomic E-state index is 15.5. The van der Waals surface area contributed by atoms with Crippen molar-refractivity contribution in [3.05, 3.63) is 117 Å². The van der Waals surface area contributed by atoms with Crippen LogP contribution < -0.4 is 11.5 Å². The highest BCUT2D eigenvalue weighted by atomic mass is 19.2. The van der Waals surface area contributed by atoms with Crippen molar-refractivity contribution in [3.8, 4) is 11.1 Å². The number of fused-ring (bicyclic) bond motifs is 3. The maximum Gasteiger partial charge on any atom is 0.198 e. The van der Waals surface area contributed by atoms with Gasteiger partial charge in [0.2, 0.25) is 0 Å². The second-order valence-electron chi connectivity index (χ2n) is 8.01. The monoisotopic (exact) mass is 492 g/mol. The molecule has 0 heterocycles. The first-order valence-electron chi connectivity index (χ1n) is 9.98. The Morgan fingerprint density at radius 3 is 1.00 bits per heavy atom. The Morgan fingerprint density at radius 1 is 0.400 bits per heavy atom. The van der Waals surface area contributed by atoms with Crippen LogP contribution in [-0.2, 0) is 5.41 Å². The lowest BCUT2D eigenvalue weighted by Crippen LogP contribution is -2.32. The Hall–Kier alpha value is -4.08. The van der Waals surface area contributed by atoms with Crippen LogP contribution in [0.4, 0.5) is 46.5 Å². The lowest BCUT2D eigenvalue weighted by molar-refractivity contribution is 0.399. The fourth-order valence-electron chi connectivity index (χ4n) is 4.77. The van der Waals surface area contributed by atoms with E-state index in [1.54, 1.807) is 0 Å². The molecule has 4 aromatic rings. The van der Waals surface area contributed by atoms with Gasteiger partial charge in [0.15, 0.2) is 46.5 Å². The molecule has 0 aromatic heterocycles. The van der Waals surface area contributed by atoms with Crippen molar-refractivity contribution in [1.29, 1.82) is 0 Å². The summed E-state index contributed by atoms with van der Waals surface area (Å²) in [5.41, 5.74) is 4.28. The van der Waals surface area contributed by atoms with Gasteiger partial charge in [0, 0.05) is 33.6 Å². The van der Waals surface area contributed by atoms with E-state index in [9.17, 15) is 17.6 Å². The average molecular weight is 492 g/mol. The average Bonchev–Trinajstić information content (AvgIpc) is 3.17. The second kappa shape index (κ2) is 7.46. The minimum absolute atomic E-state index is 0.148. The number of nitrogen functional groups attached to an aromatic ring is 2. The molecule has 1 aliphatic carbocycles. The molecule has 0 fully saturated rings. The first kappa shape index (κ1) is 22.7. The fourth-order valence-corrected chi connectivity index (χ4v) is 4.77. The molecule has 35 heavy (non-hydrogen) atoms. The van der Waals surface area contributed by atoms with E-state index in [-0.39, 0.29) is 22.5 Å². The summed E-state index contributed by atoms with van der Waals surface area (Å²) in [5.74, 6) is -17.4. The zero-order valence-electron chi connectivity index (χ0n) is 17.3. The van der Waals surface area contributed by atoms with Crippen LogP contribution in [-0.4, -0.2) is 0 Å². The van der Waals surface area contributed by atoms with Gasteiger partial charge in [0.05, 0.1) is 5.41 Å². The van der Waals surface area contributed by atoms with Crippen molar-refractivity contribution < 1.29 is 35.1 Å². The van der Waals surface area contributed by atoms with Crippen molar-refractivity contribution in [1.82, 2.24) is 0 Å². The van der Waals surface area contributed by atoms with Crippen LogP contribution in [0.15, 0.2) is 48.5 Å². The van der Waals surface area contributed by atoms with Gasteiger partial charge in [-0.15, -0.1) is 0 Å². The molecule has 5 rings (SSSR count). The third-order valence-electron chi connectivity index (χ3n) is 6.22. The van der Waals surface area contributed by atoms with E-state index in [1.165, 1.54) is 48.5 Å². The van der Waals surface area contributed by atoms with E-state index in [4.69, 9.17) is 11.5 Å². The molecular formula is C25H12F8N2. The SMILES string of the molecule is Nc1ccc(C2(c3ccc(N)cc3)c3c(F)c(F)c(F)c(F)c3-c3c(F)c(F)c(F)c(F)c32)cc1. The van der Waals surface area contributed by atoms with Gasteiger partial charge in [0.1, 0.15) is 0 Å². The lowest BCUT2D eigenvalue weighted by Gasteiger charge is -2.34. The summed E-state index contributed by atoms with van der Waals surface area (Å²) in [6.07, 6.45) is 0. The first-order chi connectivity index (χ1) is 16.5. The molecule has 0 atom stereocenters. The van der Waals surface area contributed by atoms with Gasteiger partial charge in [-0.25, -0.2) is 35.1 Å². The van der Waals surface area contributed by atoms with Crippen LogP contribution in [0, 0.1) is 46.5 Å². The highest BCUT2D eigenvalue weighted by molar-refractivity contribution is 5.88. The minimum atomic E-state index is -2.50. The Labute approximate surface area is 192 Å². The maximum atomic E-state index is 15.5. The Balaban J connectivity index is 2.14. The number of halogens is 8. The number of nitrogens with two attached hydrogens (primary N) is 2. The normalized spacial score (nSPS) is 13.6. The molecule has 1 aliphatic rings. The highest BCUT2D eigenvalue weighted by Crippen LogP contribution is 2.60. The molecular weight excluding hydrogens is 480 g/mol. The van der Waals surface area contributed by atoms with E-state index in [0.29, 0.717) is 0 Å². The van der Waals surface area contributed by atoms with E-state index in [1.807, 2.05) is 0 Å². The Morgan fingerprint density at radius 2 is 0.686 bits per heavy atom. The smallest absolute Gasteiger partial charge is 0.198 e. The summed E-state index contributed by atoms with van der Waals surface area (Å²) in [7, 11) is 0. The molecule has 0 aliphatic heterocycles. The fraction of sp³-hybridized carbons (Fsp3) is 0.0400. The summed E-state index contributed by atoms with van der Waals surface area (Å²) in [6.45, 7) is 0. The number of anilines is 2. The van der Waals surface area contributed by atoms with Gasteiger partial charge in [-0.3, -0.25) is 0 Å². The van der Waals surface area contributed by atoms with E-state index >= 15 is 17.6 Å². The predicted octanol–water partition coefficient (Wildman–Crippen LogP) is 6.33. The summed E-state index contributed by atoms with van der Waals surface area (Å²) in [6, 6.07) is 9.93. The van der Waals surface area contributed by atoms with Crippen LogP contribution in [0.3, 0.4) is 0 Å². The minimum Gasteiger partial charge on any atom is -0.399 e. The first-order valence-corrected chi connectivity index (χ1v) is 9.98. The molecule has 0 amide bonds. The van der Waals surface area contributed by atoms with Gasteiger partial charge in [-0.05, 0) is 35.4 Å². The summed E-state index contributed by atoms with van der Waals surface area (Å²) >= 11 is 0. The standard InChI is InChI=1S/C25H12F8N2/c26-17-13-14-16(20(29)24(33)22(31)18(14)27)25(9-1-5-11(34)6-2-9,10-3-7-12(35)8-4-10)15(13)19(28)23(32)21(17)30/h1-8H,34-35H2. The quantitative estimate of drug-likeness (QED) is 0.131. The highest BCUT2D eigenvalue weighted by Gasteiger charge is 2.55. The van der Waals surface area contributed by atoms with E-state index in [0.717, 1.165) is 0 Å². The molecule has 0 bridgehead atoms. The molecule has 2 nitrogen and oxygen atoms in total. The van der Waals surface area contributed by atoms with Gasteiger partial charge < -0.3 is 11.5 Å². The number of benzene rings is 4. The van der Waals surface area contributed by atoms with E-state index < -0.39 is 74.2 Å². The van der Waals surface area contributed by atoms with Crippen LogP contribution in [0.25, 0.3) is 11.1 Å². The molecule has 10 heteroatoms. The molecule has 0 saturated heterocycles. The summed E-state index contributed by atoms with van der Waals surface area (Å²) in [5, 5.41) is 0. The summed E-state index contributed by atoms with van der Waals surface area (Å²) < 4.78 is 119. The van der Waals surface area contributed by atoms with Crippen LogP contribution >= 0.6 is 0 Å². The molecule has 0 saturated carbocycles. The Kier molecular flexibility index (Phi) is 4.84. The third-order valence-corrected chi connectivity index (χ3v) is 6.22. The zero-order valence-corrected chi connectivity index (χ0v) is 17.3. The number of rotatable bonds is 2. The van der Waals surface area contributed by atoms with Gasteiger partial charge >= 0.3 is 0 Å². The molecule has 0 radical (unpaired) electrons. The lowest BCUT2D eigenvalue weighted by atomic mass is 9.67. The third kappa shape index (κ3) is 2.76.